The molecule has 17 heavy (non-hydrogen) atoms. The first kappa shape index (κ1) is 14.1. The number of carbonyl (C=O) groups is 1. The van der Waals surface area contributed by atoms with Gasteiger partial charge in [-0.05, 0) is 30.4 Å². The Balaban J connectivity index is 2.88. The van der Waals surface area contributed by atoms with Crippen molar-refractivity contribution >= 4 is 27.3 Å². The maximum Gasteiger partial charge on any atom is 0.321 e. The number of thiophene rings is 1. The number of aliphatic carboxylic acids is 1. The second-order valence-electron chi connectivity index (χ2n) is 3.74. The predicted octanol–water partition coefficient (Wildman–Crippen LogP) is 1.59. The van der Waals surface area contributed by atoms with Gasteiger partial charge in [0.2, 0.25) is 0 Å². The maximum absolute atomic E-state index is 11.9. The van der Waals surface area contributed by atoms with E-state index in [2.05, 4.69) is 4.72 Å². The molecule has 0 aliphatic rings. The molecule has 1 atom stereocenters. The fraction of sp³-hybridized carbons (Fsp3) is 0.500. The Bertz CT molecular complexity index is 492. The van der Waals surface area contributed by atoms with E-state index in [1.807, 2.05) is 0 Å². The Morgan fingerprint density at radius 3 is 2.65 bits per heavy atom. The summed E-state index contributed by atoms with van der Waals surface area (Å²) in [4.78, 5) is 10.9. The third-order valence-electron chi connectivity index (χ3n) is 2.14. The van der Waals surface area contributed by atoms with Crippen molar-refractivity contribution in [2.45, 2.75) is 36.9 Å². The zero-order valence-corrected chi connectivity index (χ0v) is 11.3. The molecule has 5 nitrogen and oxygen atoms in total. The van der Waals surface area contributed by atoms with Gasteiger partial charge in [0.1, 0.15) is 10.3 Å². The molecule has 7 heteroatoms. The molecule has 0 aliphatic heterocycles. The van der Waals surface area contributed by atoms with Crippen LogP contribution >= 0.6 is 11.3 Å². The summed E-state index contributed by atoms with van der Waals surface area (Å²) in [6, 6.07) is 0.463. The summed E-state index contributed by atoms with van der Waals surface area (Å²) in [5.41, 5.74) is 0.845. The minimum absolute atomic E-state index is 0.150. The van der Waals surface area contributed by atoms with E-state index in [1.54, 1.807) is 19.2 Å². The number of rotatable bonds is 6. The van der Waals surface area contributed by atoms with Crippen LogP contribution < -0.4 is 4.72 Å². The molecule has 1 rings (SSSR count). The van der Waals surface area contributed by atoms with Gasteiger partial charge in [-0.1, -0.05) is 13.3 Å². The van der Waals surface area contributed by atoms with Gasteiger partial charge in [0.05, 0.1) is 0 Å². The first-order chi connectivity index (χ1) is 7.86. The van der Waals surface area contributed by atoms with Crippen LogP contribution in [0.25, 0.3) is 0 Å². The van der Waals surface area contributed by atoms with Crippen molar-refractivity contribution < 1.29 is 18.3 Å². The highest BCUT2D eigenvalue weighted by molar-refractivity contribution is 7.91. The van der Waals surface area contributed by atoms with Gasteiger partial charge in [-0.15, -0.1) is 11.3 Å². The van der Waals surface area contributed by atoms with Gasteiger partial charge in [-0.2, -0.15) is 4.72 Å². The van der Waals surface area contributed by atoms with Gasteiger partial charge in [-0.25, -0.2) is 8.42 Å². The van der Waals surface area contributed by atoms with Crippen LogP contribution in [0.1, 0.15) is 25.3 Å². The average Bonchev–Trinajstić information content (AvgIpc) is 2.64. The first-order valence-corrected chi connectivity index (χ1v) is 7.53. The van der Waals surface area contributed by atoms with Crippen molar-refractivity contribution in [3.05, 3.63) is 17.0 Å². The highest BCUT2D eigenvalue weighted by atomic mass is 32.2. The second-order valence-corrected chi connectivity index (χ2v) is 6.60. The Morgan fingerprint density at radius 2 is 2.24 bits per heavy atom. The van der Waals surface area contributed by atoms with Gasteiger partial charge >= 0.3 is 5.97 Å². The average molecular weight is 277 g/mol. The lowest BCUT2D eigenvalue weighted by Crippen LogP contribution is -2.40. The molecule has 0 saturated carbocycles. The van der Waals surface area contributed by atoms with Crippen molar-refractivity contribution in [1.29, 1.82) is 0 Å². The molecular weight excluding hydrogens is 262 g/mol. The van der Waals surface area contributed by atoms with E-state index in [0.29, 0.717) is 6.42 Å². The minimum Gasteiger partial charge on any atom is -0.480 e. The molecule has 0 aromatic carbocycles. The quantitative estimate of drug-likeness (QED) is 0.827. The molecule has 0 spiro atoms. The molecule has 0 aliphatic carbocycles. The molecule has 1 aromatic rings. The molecule has 1 heterocycles. The lowest BCUT2D eigenvalue weighted by Gasteiger charge is -2.12. The van der Waals surface area contributed by atoms with Gasteiger partial charge in [0.15, 0.2) is 0 Å². The number of carboxylic acids is 1. The lowest BCUT2D eigenvalue weighted by molar-refractivity contribution is -0.139. The second kappa shape index (κ2) is 5.61. The maximum atomic E-state index is 11.9. The van der Waals surface area contributed by atoms with E-state index in [-0.39, 0.29) is 10.6 Å². The molecule has 0 radical (unpaired) electrons. The van der Waals surface area contributed by atoms with E-state index in [9.17, 15) is 13.2 Å². The lowest BCUT2D eigenvalue weighted by atomic mass is 10.2. The number of sulfonamides is 1. The van der Waals surface area contributed by atoms with Crippen molar-refractivity contribution in [1.82, 2.24) is 4.72 Å². The number of hydrogen-bond donors (Lipinski definition) is 2. The summed E-state index contributed by atoms with van der Waals surface area (Å²) < 4.78 is 26.1. The van der Waals surface area contributed by atoms with Gasteiger partial charge < -0.3 is 5.11 Å². The third kappa shape index (κ3) is 3.79. The summed E-state index contributed by atoms with van der Waals surface area (Å²) in [6.45, 7) is 3.59. The predicted molar refractivity (Wildman–Crippen MR) is 65.7 cm³/mol. The van der Waals surface area contributed by atoms with Gasteiger partial charge in [-0.3, -0.25) is 4.79 Å². The van der Waals surface area contributed by atoms with E-state index in [0.717, 1.165) is 16.9 Å². The summed E-state index contributed by atoms with van der Waals surface area (Å²) >= 11 is 1.08. The fourth-order valence-corrected chi connectivity index (χ4v) is 3.78. The monoisotopic (exact) mass is 277 g/mol. The highest BCUT2D eigenvalue weighted by Gasteiger charge is 2.25. The summed E-state index contributed by atoms with van der Waals surface area (Å²) in [5.74, 6) is -1.15. The van der Waals surface area contributed by atoms with E-state index < -0.39 is 22.0 Å². The normalized spacial score (nSPS) is 13.5. The summed E-state index contributed by atoms with van der Waals surface area (Å²) in [6.07, 6.45) is 0.877. The summed E-state index contributed by atoms with van der Waals surface area (Å²) in [5, 5.41) is 10.6. The molecule has 0 fully saturated rings. The Labute approximate surface area is 105 Å². The van der Waals surface area contributed by atoms with E-state index >= 15 is 0 Å². The number of nitrogens with one attached hydrogen (secondary N) is 1. The van der Waals surface area contributed by atoms with Crippen LogP contribution in [0.15, 0.2) is 15.7 Å². The zero-order chi connectivity index (χ0) is 13.1. The first-order valence-electron chi connectivity index (χ1n) is 5.17. The fourth-order valence-electron chi connectivity index (χ4n) is 1.31. The molecular formula is C10H15NO4S2. The van der Waals surface area contributed by atoms with E-state index in [4.69, 9.17) is 5.11 Å². The standard InChI is InChI=1S/C10H15NO4S2/c1-3-4-8(10(12)13)11-17(14,15)9-5-7(2)6-16-9/h5-6,8,11H,3-4H2,1-2H3,(H,12,13). The minimum atomic E-state index is -3.72. The molecule has 1 aromatic heterocycles. The van der Waals surface area contributed by atoms with Crippen LogP contribution in [0.2, 0.25) is 0 Å². The topological polar surface area (TPSA) is 83.5 Å². The Kier molecular flexibility index (Phi) is 4.67. The van der Waals surface area contributed by atoms with Crippen LogP contribution in [-0.4, -0.2) is 25.5 Å². The molecule has 0 amide bonds. The van der Waals surface area contributed by atoms with Crippen LogP contribution in [-0.2, 0) is 14.8 Å². The van der Waals surface area contributed by atoms with Gasteiger partial charge in [0, 0.05) is 0 Å². The third-order valence-corrected chi connectivity index (χ3v) is 5.17. The van der Waals surface area contributed by atoms with Crippen LogP contribution in [0, 0.1) is 6.92 Å². The molecule has 0 saturated heterocycles. The SMILES string of the molecule is CCCC(NS(=O)(=O)c1cc(C)cs1)C(=O)O. The van der Waals surface area contributed by atoms with Crippen molar-refractivity contribution in [2.24, 2.45) is 0 Å². The number of carboxylic acid groups (broad SMARTS) is 1. The summed E-state index contributed by atoms with van der Waals surface area (Å²) in [7, 11) is -3.72. The van der Waals surface area contributed by atoms with Crippen molar-refractivity contribution in [3.8, 4) is 0 Å². The Morgan fingerprint density at radius 1 is 1.59 bits per heavy atom. The zero-order valence-electron chi connectivity index (χ0n) is 9.63. The smallest absolute Gasteiger partial charge is 0.321 e. The van der Waals surface area contributed by atoms with Crippen molar-refractivity contribution in [3.63, 3.8) is 0 Å². The number of aryl methyl sites for hydroxylation is 1. The molecule has 1 unspecified atom stereocenters. The van der Waals surface area contributed by atoms with Crippen LogP contribution in [0.5, 0.6) is 0 Å². The highest BCUT2D eigenvalue weighted by Crippen LogP contribution is 2.20. The number of hydrogen-bond acceptors (Lipinski definition) is 4. The molecule has 0 bridgehead atoms. The molecule has 2 N–H and O–H groups in total. The van der Waals surface area contributed by atoms with Crippen LogP contribution in [0.3, 0.4) is 0 Å². The molecule has 96 valence electrons. The van der Waals surface area contributed by atoms with Gasteiger partial charge in [0.25, 0.3) is 10.0 Å². The largest absolute Gasteiger partial charge is 0.480 e. The van der Waals surface area contributed by atoms with Crippen LogP contribution in [0.4, 0.5) is 0 Å². The van der Waals surface area contributed by atoms with Crippen molar-refractivity contribution in [2.75, 3.05) is 0 Å². The Hall–Kier alpha value is -0.920. The van der Waals surface area contributed by atoms with E-state index in [1.165, 1.54) is 6.07 Å².